The van der Waals surface area contributed by atoms with Crippen molar-refractivity contribution in [3.05, 3.63) is 47.0 Å². The number of benzene rings is 1. The lowest BCUT2D eigenvalue weighted by atomic mass is 9.50. The maximum atomic E-state index is 13.6. The van der Waals surface area contributed by atoms with E-state index in [9.17, 15) is 18.3 Å². The van der Waals surface area contributed by atoms with Gasteiger partial charge in [-0.2, -0.15) is 8.42 Å². The minimum Gasteiger partial charge on any atom is -0.477 e. The summed E-state index contributed by atoms with van der Waals surface area (Å²) in [6.07, 6.45) is 8.62. The number of β-amino-alcohol motifs (C(OH)–C–C–N with tert-alkyl or cyclic N) is 1. The number of carbonyl (C=O) groups is 1. The van der Waals surface area contributed by atoms with Gasteiger partial charge in [-0.15, -0.1) is 0 Å². The molecule has 1 saturated heterocycles. The van der Waals surface area contributed by atoms with Crippen molar-refractivity contribution in [3.8, 4) is 5.75 Å². The van der Waals surface area contributed by atoms with Crippen molar-refractivity contribution in [3.63, 3.8) is 0 Å². The summed E-state index contributed by atoms with van der Waals surface area (Å²) in [7, 11) is -4.24. The monoisotopic (exact) mass is 559 g/mol. The van der Waals surface area contributed by atoms with Crippen molar-refractivity contribution in [2.24, 2.45) is 5.41 Å². The summed E-state index contributed by atoms with van der Waals surface area (Å²) >= 11 is 6.35. The van der Waals surface area contributed by atoms with E-state index in [1.165, 1.54) is 25.3 Å². The van der Waals surface area contributed by atoms with Crippen LogP contribution in [0.2, 0.25) is 5.02 Å². The van der Waals surface area contributed by atoms with Gasteiger partial charge in [0.1, 0.15) is 11.6 Å². The predicted molar refractivity (Wildman–Crippen MR) is 144 cm³/mol. The van der Waals surface area contributed by atoms with Gasteiger partial charge in [-0.1, -0.05) is 30.2 Å². The normalized spacial score (nSPS) is 24.2. The molecule has 1 aliphatic heterocycles. The molecule has 1 aromatic heterocycles. The third-order valence-corrected chi connectivity index (χ3v) is 10.5. The number of ether oxygens (including phenoxy) is 1. The molecule has 2 aromatic rings. The summed E-state index contributed by atoms with van der Waals surface area (Å²) in [5, 5.41) is 10.1. The molecule has 2 N–H and O–H groups in total. The van der Waals surface area contributed by atoms with E-state index in [1.54, 1.807) is 18.2 Å². The van der Waals surface area contributed by atoms with Crippen LogP contribution in [-0.2, 0) is 14.8 Å². The molecule has 4 aliphatic rings. The van der Waals surface area contributed by atoms with E-state index >= 15 is 0 Å². The van der Waals surface area contributed by atoms with Crippen LogP contribution < -0.4 is 14.4 Å². The molecule has 1 aromatic carbocycles. The minimum atomic E-state index is -4.24. The first kappa shape index (κ1) is 25.9. The largest absolute Gasteiger partial charge is 0.477 e. The Hall–Kier alpha value is -2.36. The molecule has 6 rings (SSSR count). The molecular formula is C28H34ClN3O5S. The van der Waals surface area contributed by atoms with Crippen LogP contribution in [-0.4, -0.2) is 49.2 Å². The quantitative estimate of drug-likeness (QED) is 0.512. The highest BCUT2D eigenvalue weighted by Crippen LogP contribution is 2.63. The summed E-state index contributed by atoms with van der Waals surface area (Å²) in [5.74, 6) is 0.730. The predicted octanol–water partition coefficient (Wildman–Crippen LogP) is 4.55. The van der Waals surface area contributed by atoms with Crippen LogP contribution in [0.4, 0.5) is 5.82 Å². The molecule has 3 saturated carbocycles. The van der Waals surface area contributed by atoms with Gasteiger partial charge in [0.05, 0.1) is 6.10 Å². The number of nitrogens with zero attached hydrogens (tertiary/aromatic N) is 2. The zero-order valence-corrected chi connectivity index (χ0v) is 22.9. The fourth-order valence-corrected chi connectivity index (χ4v) is 7.87. The van der Waals surface area contributed by atoms with Crippen molar-refractivity contribution in [2.45, 2.75) is 86.9 Å². The zero-order valence-electron chi connectivity index (χ0n) is 21.4. The number of aromatic nitrogens is 1. The molecule has 1 spiro atoms. The lowest BCUT2D eigenvalue weighted by molar-refractivity contribution is -0.134. The summed E-state index contributed by atoms with van der Waals surface area (Å²) in [5.41, 5.74) is 0.240. The highest BCUT2D eigenvalue weighted by molar-refractivity contribution is 7.90. The van der Waals surface area contributed by atoms with Crippen LogP contribution in [0.25, 0.3) is 0 Å². The Morgan fingerprint density at radius 2 is 1.87 bits per heavy atom. The Balaban J connectivity index is 1.22. The zero-order chi connectivity index (χ0) is 26.5. The number of anilines is 1. The Kier molecular flexibility index (Phi) is 6.60. The average Bonchev–Trinajstić information content (AvgIpc) is 3.48. The van der Waals surface area contributed by atoms with Crippen molar-refractivity contribution in [1.82, 2.24) is 9.71 Å². The van der Waals surface area contributed by atoms with Gasteiger partial charge < -0.3 is 14.7 Å². The lowest BCUT2D eigenvalue weighted by Crippen LogP contribution is -2.51. The van der Waals surface area contributed by atoms with Crippen LogP contribution in [0.1, 0.15) is 75.7 Å². The highest BCUT2D eigenvalue weighted by Gasteiger charge is 2.50. The number of pyridine rings is 1. The molecule has 1 amide bonds. The second-order valence-corrected chi connectivity index (χ2v) is 13.7. The van der Waals surface area contributed by atoms with Crippen molar-refractivity contribution < 1.29 is 23.1 Å². The number of sulfonamides is 1. The fourth-order valence-electron chi connectivity index (χ4n) is 6.70. The number of hydrogen-bond donors (Lipinski definition) is 2. The van der Waals surface area contributed by atoms with Gasteiger partial charge in [0.15, 0.2) is 10.6 Å². The van der Waals surface area contributed by atoms with Crippen LogP contribution >= 0.6 is 11.6 Å². The molecule has 8 nitrogen and oxygen atoms in total. The second kappa shape index (κ2) is 9.68. The van der Waals surface area contributed by atoms with Crippen molar-refractivity contribution in [2.75, 3.05) is 18.0 Å². The first-order chi connectivity index (χ1) is 18.2. The van der Waals surface area contributed by atoms with Gasteiger partial charge in [-0.05, 0) is 98.9 Å². The smallest absolute Gasteiger partial charge is 0.281 e. The molecule has 204 valence electrons. The Labute approximate surface area is 228 Å². The summed E-state index contributed by atoms with van der Waals surface area (Å²) in [4.78, 5) is 19.8. The molecule has 2 heterocycles. The van der Waals surface area contributed by atoms with E-state index < -0.39 is 27.6 Å². The number of hydrogen-bond acceptors (Lipinski definition) is 7. The fraction of sp³-hybridized carbons (Fsp3) is 0.571. The van der Waals surface area contributed by atoms with Gasteiger partial charge >= 0.3 is 0 Å². The summed E-state index contributed by atoms with van der Waals surface area (Å²) in [6, 6.07) is 10.3. The number of nitrogens with one attached hydrogen (secondary N) is 1. The number of amides is 1. The number of aliphatic hydroxyl groups excluding tert-OH is 1. The van der Waals surface area contributed by atoms with Crippen LogP contribution in [0.3, 0.4) is 0 Å². The molecule has 0 radical (unpaired) electrons. The Morgan fingerprint density at radius 3 is 2.53 bits per heavy atom. The standard InChI is InChI=1S/C28H34ClN3O5S/c29-20-7-8-22(19-16-27(17-19)10-4-11-27)23(15-20)37-28(12-1-2-13-28)26(34)31-38(35,36)25-6-3-5-24(30-25)32-14-9-21(33)18-32/h3,5-8,15,19,21,33H,1-2,4,9-14,16-18H2,(H,31,34)/t21-/m1/s1. The van der Waals surface area contributed by atoms with Crippen LogP contribution in [0.5, 0.6) is 5.75 Å². The SMILES string of the molecule is O=C(NS(=O)(=O)c1cccc(N2CC[C@@H](O)C2)n1)C1(Oc2cc(Cl)ccc2C2CC3(CCC3)C2)CCCC1. The van der Waals surface area contributed by atoms with Crippen molar-refractivity contribution in [1.29, 1.82) is 0 Å². The van der Waals surface area contributed by atoms with Gasteiger partial charge in [0, 0.05) is 18.1 Å². The highest BCUT2D eigenvalue weighted by atomic mass is 35.5. The molecule has 0 unspecified atom stereocenters. The molecule has 4 fully saturated rings. The third kappa shape index (κ3) is 4.77. The maximum absolute atomic E-state index is 13.6. The number of aliphatic hydroxyl groups is 1. The summed E-state index contributed by atoms with van der Waals surface area (Å²) < 4.78 is 35.3. The van der Waals surface area contributed by atoms with Gasteiger partial charge in [-0.25, -0.2) is 9.71 Å². The minimum absolute atomic E-state index is 0.235. The molecular weight excluding hydrogens is 526 g/mol. The van der Waals surface area contributed by atoms with E-state index in [4.69, 9.17) is 16.3 Å². The number of carbonyl (C=O) groups excluding carboxylic acids is 1. The molecule has 0 bridgehead atoms. The third-order valence-electron chi connectivity index (χ3n) is 9.02. The van der Waals surface area contributed by atoms with Crippen LogP contribution in [0.15, 0.2) is 41.4 Å². The molecule has 1 atom stereocenters. The number of halogens is 1. The number of rotatable bonds is 7. The second-order valence-electron chi connectivity index (χ2n) is 11.6. The Morgan fingerprint density at radius 1 is 1.11 bits per heavy atom. The van der Waals surface area contributed by atoms with E-state index in [0.717, 1.165) is 31.2 Å². The Bertz CT molecular complexity index is 1330. The molecule has 10 heteroatoms. The van der Waals surface area contributed by atoms with E-state index in [1.807, 2.05) is 17.0 Å². The van der Waals surface area contributed by atoms with E-state index in [-0.39, 0.29) is 5.03 Å². The average molecular weight is 560 g/mol. The molecule has 38 heavy (non-hydrogen) atoms. The molecule has 3 aliphatic carbocycles. The summed E-state index contributed by atoms with van der Waals surface area (Å²) in [6.45, 7) is 0.981. The van der Waals surface area contributed by atoms with E-state index in [2.05, 4.69) is 9.71 Å². The van der Waals surface area contributed by atoms with Gasteiger partial charge in [-0.3, -0.25) is 4.79 Å². The van der Waals surface area contributed by atoms with Crippen LogP contribution in [0, 0.1) is 5.41 Å². The first-order valence-electron chi connectivity index (χ1n) is 13.6. The van der Waals surface area contributed by atoms with Crippen molar-refractivity contribution >= 4 is 33.3 Å². The topological polar surface area (TPSA) is 109 Å². The van der Waals surface area contributed by atoms with Gasteiger partial charge in [0.2, 0.25) is 0 Å². The first-order valence-corrected chi connectivity index (χ1v) is 15.5. The van der Waals surface area contributed by atoms with E-state index in [0.29, 0.717) is 60.3 Å². The van der Waals surface area contributed by atoms with Gasteiger partial charge in [0.25, 0.3) is 15.9 Å². The lowest BCUT2D eigenvalue weighted by Gasteiger charge is -2.54. The maximum Gasteiger partial charge on any atom is 0.281 e.